The Kier molecular flexibility index (Phi) is 13.3. The maximum Gasteiger partial charge on any atom is 0.224 e. The summed E-state index contributed by atoms with van der Waals surface area (Å²) < 4.78 is 0. The van der Waals surface area contributed by atoms with Crippen LogP contribution in [0, 0.1) is 0 Å². The molecule has 260 valence electrons. The first-order chi connectivity index (χ1) is 24.5. The van der Waals surface area contributed by atoms with E-state index in [0.29, 0.717) is 18.9 Å². The molecule has 0 aliphatic heterocycles. The van der Waals surface area contributed by atoms with Crippen LogP contribution in [0.1, 0.15) is 81.8 Å². The molecule has 2 aliphatic carbocycles. The number of likely N-dealkylation sites (N-methyl/N-ethyl adjacent to an activating group) is 1. The lowest BCUT2D eigenvalue weighted by Crippen LogP contribution is -2.36. The van der Waals surface area contributed by atoms with Gasteiger partial charge in [0.1, 0.15) is 0 Å². The summed E-state index contributed by atoms with van der Waals surface area (Å²) in [6.45, 7) is 0. The molecule has 4 nitrogen and oxygen atoms in total. The molecule has 0 radical (unpaired) electrons. The fraction of sp³-hybridized carbons (Fsp3) is 0.364. The third kappa shape index (κ3) is 10.4. The number of hydrogen-bond donors (Lipinski definition) is 2. The van der Waals surface area contributed by atoms with Crippen molar-refractivity contribution in [1.29, 1.82) is 0 Å². The summed E-state index contributed by atoms with van der Waals surface area (Å²) in [7, 11) is 1.69. The highest BCUT2D eigenvalue weighted by molar-refractivity contribution is 8.00. The molecular weight excluding hydrogens is 653 g/mol. The van der Waals surface area contributed by atoms with Crippen molar-refractivity contribution in [3.8, 4) is 0 Å². The average molecular weight is 703 g/mol. The number of amides is 2. The van der Waals surface area contributed by atoms with Gasteiger partial charge in [-0.3, -0.25) is 9.59 Å². The summed E-state index contributed by atoms with van der Waals surface area (Å²) in [6, 6.07) is 37.0. The summed E-state index contributed by atoms with van der Waals surface area (Å²) >= 11 is 3.79. The number of thioether (sulfide) groups is 1. The molecule has 5 aromatic carbocycles. The van der Waals surface area contributed by atoms with E-state index in [1.54, 1.807) is 18.8 Å². The molecule has 0 unspecified atom stereocenters. The lowest BCUT2D eigenvalue weighted by Gasteiger charge is -2.22. The predicted octanol–water partition coefficient (Wildman–Crippen LogP) is 10.9. The predicted molar refractivity (Wildman–Crippen MR) is 212 cm³/mol. The lowest BCUT2D eigenvalue weighted by molar-refractivity contribution is -0.122. The summed E-state index contributed by atoms with van der Waals surface area (Å²) in [5.74, 6) is 0.286. The second-order valence-corrected chi connectivity index (χ2v) is 16.2. The van der Waals surface area contributed by atoms with E-state index in [0.717, 1.165) is 36.5 Å². The summed E-state index contributed by atoms with van der Waals surface area (Å²) in [6.07, 6.45) is 14.4. The molecule has 0 saturated heterocycles. The zero-order valence-electron chi connectivity index (χ0n) is 29.3. The summed E-state index contributed by atoms with van der Waals surface area (Å²) in [4.78, 5) is 27.8. The number of aryl methyl sites for hydroxylation is 1. The van der Waals surface area contributed by atoms with E-state index in [1.165, 1.54) is 86.7 Å². The van der Waals surface area contributed by atoms with Crippen LogP contribution in [0.15, 0.2) is 118 Å². The summed E-state index contributed by atoms with van der Waals surface area (Å²) in [5, 5.41) is 11.7. The van der Waals surface area contributed by atoms with Gasteiger partial charge in [0.15, 0.2) is 0 Å². The zero-order chi connectivity index (χ0) is 34.5. The van der Waals surface area contributed by atoms with Crippen LogP contribution in [-0.4, -0.2) is 30.2 Å². The van der Waals surface area contributed by atoms with Gasteiger partial charge in [0.25, 0.3) is 0 Å². The fourth-order valence-electron chi connectivity index (χ4n) is 7.21. The Hall–Kier alpha value is -3.74. The second-order valence-electron chi connectivity index (χ2n) is 13.6. The van der Waals surface area contributed by atoms with Crippen molar-refractivity contribution in [2.24, 2.45) is 0 Å². The molecule has 2 aliphatic rings. The van der Waals surface area contributed by atoms with E-state index in [2.05, 4.69) is 102 Å². The molecule has 0 heterocycles. The number of fused-ring (bicyclic) bond motifs is 2. The van der Waals surface area contributed by atoms with Gasteiger partial charge in [-0.1, -0.05) is 111 Å². The van der Waals surface area contributed by atoms with Crippen molar-refractivity contribution in [1.82, 2.24) is 10.6 Å². The normalized spacial score (nSPS) is 15.1. The smallest absolute Gasteiger partial charge is 0.224 e. The van der Waals surface area contributed by atoms with Gasteiger partial charge in [-0.05, 0) is 108 Å². The minimum absolute atomic E-state index is 0.0661. The van der Waals surface area contributed by atoms with E-state index in [4.69, 9.17) is 0 Å². The van der Waals surface area contributed by atoms with Crippen LogP contribution in [0.5, 0.6) is 0 Å². The molecule has 2 fully saturated rings. The van der Waals surface area contributed by atoms with Gasteiger partial charge in [0, 0.05) is 39.4 Å². The Morgan fingerprint density at radius 1 is 0.640 bits per heavy atom. The number of hydrogen-bond acceptors (Lipinski definition) is 4. The van der Waals surface area contributed by atoms with E-state index in [-0.39, 0.29) is 11.8 Å². The standard InChI is InChI=1S/C26H29NOS.C18H21NOS/c28-26(27-22-12-3-1-4-13-22)16-8-11-20-9-7-10-21-17-18-24(19-25(20)21)29-23-14-5-2-6-15-23;1-19-18(20)11-14-6-4-5-13-9-10-16(12-17(13)14)21-15-7-2-3-8-15/h2,5-7,9-10,14-15,17-19,22H,1,3-4,8,11-13,16H2,(H,27,28);4-6,9-10,12,15H,2-3,7-8,11H2,1H3,(H,19,20). The number of rotatable bonds is 11. The topological polar surface area (TPSA) is 58.2 Å². The van der Waals surface area contributed by atoms with Crippen LogP contribution in [-0.2, 0) is 22.4 Å². The van der Waals surface area contributed by atoms with Gasteiger partial charge >= 0.3 is 0 Å². The molecule has 2 amide bonds. The van der Waals surface area contributed by atoms with E-state index < -0.39 is 0 Å². The molecular formula is C44H50N2O2S2. The van der Waals surface area contributed by atoms with Crippen LogP contribution in [0.25, 0.3) is 21.5 Å². The Balaban J connectivity index is 0.000000182. The Labute approximate surface area is 306 Å². The molecule has 50 heavy (non-hydrogen) atoms. The largest absolute Gasteiger partial charge is 0.359 e. The van der Waals surface area contributed by atoms with Gasteiger partial charge in [0.2, 0.25) is 11.8 Å². The van der Waals surface area contributed by atoms with E-state index >= 15 is 0 Å². The minimum atomic E-state index is 0.0661. The van der Waals surface area contributed by atoms with Crippen molar-refractivity contribution >= 4 is 56.9 Å². The number of nitrogens with one attached hydrogen (secondary N) is 2. The molecule has 2 saturated carbocycles. The monoisotopic (exact) mass is 702 g/mol. The lowest BCUT2D eigenvalue weighted by atomic mass is 9.95. The van der Waals surface area contributed by atoms with Crippen molar-refractivity contribution < 1.29 is 9.59 Å². The number of carbonyl (C=O) groups is 2. The van der Waals surface area contributed by atoms with Crippen molar-refractivity contribution in [2.45, 2.75) is 109 Å². The minimum Gasteiger partial charge on any atom is -0.359 e. The van der Waals surface area contributed by atoms with Crippen LogP contribution < -0.4 is 10.6 Å². The van der Waals surface area contributed by atoms with Crippen LogP contribution in [0.3, 0.4) is 0 Å². The van der Waals surface area contributed by atoms with Gasteiger partial charge in [-0.25, -0.2) is 0 Å². The van der Waals surface area contributed by atoms with Crippen molar-refractivity contribution in [3.05, 3.63) is 114 Å². The second kappa shape index (κ2) is 18.5. The number of benzene rings is 5. The quantitative estimate of drug-likeness (QED) is 0.144. The maximum absolute atomic E-state index is 12.3. The van der Waals surface area contributed by atoms with E-state index in [9.17, 15) is 9.59 Å². The molecule has 7 rings (SSSR count). The molecule has 0 atom stereocenters. The van der Waals surface area contributed by atoms with Crippen LogP contribution >= 0.6 is 23.5 Å². The first-order valence-electron chi connectivity index (χ1n) is 18.5. The van der Waals surface area contributed by atoms with Crippen LogP contribution in [0.4, 0.5) is 0 Å². The SMILES string of the molecule is CNC(=O)Cc1cccc2ccc(SC3CCCC3)cc12.O=C(CCCc1cccc2ccc(Sc3ccccc3)cc12)NC1CCCCC1. The molecule has 2 N–H and O–H groups in total. The van der Waals surface area contributed by atoms with E-state index in [1.807, 2.05) is 23.9 Å². The number of carbonyl (C=O) groups excluding carboxylic acids is 2. The van der Waals surface area contributed by atoms with Crippen LogP contribution in [0.2, 0.25) is 0 Å². The molecule has 5 aromatic rings. The molecule has 0 spiro atoms. The third-order valence-electron chi connectivity index (χ3n) is 9.92. The highest BCUT2D eigenvalue weighted by Crippen LogP contribution is 2.36. The third-order valence-corrected chi connectivity index (χ3v) is 12.3. The van der Waals surface area contributed by atoms with Gasteiger partial charge < -0.3 is 10.6 Å². The highest BCUT2D eigenvalue weighted by atomic mass is 32.2. The summed E-state index contributed by atoms with van der Waals surface area (Å²) in [5.41, 5.74) is 2.45. The van der Waals surface area contributed by atoms with Crippen molar-refractivity contribution in [2.75, 3.05) is 7.05 Å². The maximum atomic E-state index is 12.3. The molecule has 0 bridgehead atoms. The fourth-order valence-corrected chi connectivity index (χ4v) is 9.38. The van der Waals surface area contributed by atoms with Gasteiger partial charge in [-0.2, -0.15) is 0 Å². The highest BCUT2D eigenvalue weighted by Gasteiger charge is 2.17. The molecule has 0 aromatic heterocycles. The molecule has 6 heteroatoms. The van der Waals surface area contributed by atoms with Crippen molar-refractivity contribution in [3.63, 3.8) is 0 Å². The Morgan fingerprint density at radius 3 is 2.00 bits per heavy atom. The van der Waals surface area contributed by atoms with Gasteiger partial charge in [0.05, 0.1) is 6.42 Å². The Morgan fingerprint density at radius 2 is 1.28 bits per heavy atom. The first kappa shape index (κ1) is 36.1. The first-order valence-corrected chi connectivity index (χ1v) is 20.2. The Bertz CT molecular complexity index is 1860. The zero-order valence-corrected chi connectivity index (χ0v) is 30.9. The average Bonchev–Trinajstić information content (AvgIpc) is 3.66. The van der Waals surface area contributed by atoms with Gasteiger partial charge in [-0.15, -0.1) is 11.8 Å².